The molecule has 0 bridgehead atoms. The Kier molecular flexibility index (Phi) is 4.32. The van der Waals surface area contributed by atoms with Gasteiger partial charge >= 0.3 is 6.03 Å². The van der Waals surface area contributed by atoms with Gasteiger partial charge in [-0.2, -0.15) is 11.8 Å². The van der Waals surface area contributed by atoms with Crippen molar-refractivity contribution in [1.29, 1.82) is 0 Å². The molecule has 4 heteroatoms. The number of carbonyl (C=O) groups is 1. The lowest BCUT2D eigenvalue weighted by atomic mass is 10.2. The number of carbonyl (C=O) groups excluding carboxylic acids is 1. The third-order valence-electron chi connectivity index (χ3n) is 1.67. The van der Waals surface area contributed by atoms with Gasteiger partial charge < -0.3 is 11.1 Å². The average molecular weight is 210 g/mol. The summed E-state index contributed by atoms with van der Waals surface area (Å²) >= 11 is 1.84. The van der Waals surface area contributed by atoms with Crippen LogP contribution in [0.15, 0.2) is 24.3 Å². The minimum Gasteiger partial charge on any atom is -0.351 e. The molecule has 0 radical (unpaired) electrons. The lowest BCUT2D eigenvalue weighted by molar-refractivity contribution is 0.259. The fourth-order valence-electron chi connectivity index (χ4n) is 1.10. The molecule has 1 aromatic rings. The summed E-state index contributed by atoms with van der Waals surface area (Å²) in [7, 11) is 0. The quantitative estimate of drug-likeness (QED) is 0.802. The number of rotatable bonds is 4. The van der Waals surface area contributed by atoms with Crippen molar-refractivity contribution in [2.45, 2.75) is 12.7 Å². The molecule has 1 aromatic carbocycles. The van der Waals surface area contributed by atoms with Crippen molar-refractivity contribution in [2.75, 3.05) is 11.1 Å². The predicted molar refractivity (Wildman–Crippen MR) is 61.5 cm³/mol. The van der Waals surface area contributed by atoms with Crippen molar-refractivity contribution in [1.82, 2.24) is 0 Å². The Balaban J connectivity index is 2.63. The number of urea groups is 1. The fraction of sp³-hybridized carbons (Fsp3) is 0.300. The highest BCUT2D eigenvalue weighted by atomic mass is 32.2. The molecule has 76 valence electrons. The van der Waals surface area contributed by atoms with E-state index in [2.05, 4.69) is 12.2 Å². The zero-order valence-corrected chi connectivity index (χ0v) is 8.93. The minimum absolute atomic E-state index is 0.523. The van der Waals surface area contributed by atoms with E-state index in [-0.39, 0.29) is 0 Å². The van der Waals surface area contributed by atoms with Crippen LogP contribution in [0.3, 0.4) is 0 Å². The van der Waals surface area contributed by atoms with Crippen molar-refractivity contribution < 1.29 is 4.79 Å². The summed E-state index contributed by atoms with van der Waals surface area (Å²) in [6, 6.07) is 7.19. The van der Waals surface area contributed by atoms with Gasteiger partial charge in [0.05, 0.1) is 0 Å². The first-order valence-corrected chi connectivity index (χ1v) is 5.61. The summed E-state index contributed by atoms with van der Waals surface area (Å²) < 4.78 is 0. The fourth-order valence-corrected chi connectivity index (χ4v) is 1.72. The highest BCUT2D eigenvalue weighted by molar-refractivity contribution is 7.98. The molecule has 0 aliphatic heterocycles. The Morgan fingerprint density at radius 2 is 2.36 bits per heavy atom. The van der Waals surface area contributed by atoms with Crippen LogP contribution in [-0.2, 0) is 5.75 Å². The SMILES string of the molecule is CCSCc1cccc(NC(N)=O)c1. The van der Waals surface area contributed by atoms with E-state index in [1.807, 2.05) is 36.0 Å². The van der Waals surface area contributed by atoms with Gasteiger partial charge in [0, 0.05) is 11.4 Å². The molecule has 0 spiro atoms. The maximum atomic E-state index is 10.6. The number of thioether (sulfide) groups is 1. The number of anilines is 1. The highest BCUT2D eigenvalue weighted by Gasteiger charge is 1.97. The average Bonchev–Trinajstić information content (AvgIpc) is 2.14. The summed E-state index contributed by atoms with van der Waals surface area (Å²) in [5.74, 6) is 2.05. The number of nitrogens with one attached hydrogen (secondary N) is 1. The van der Waals surface area contributed by atoms with E-state index >= 15 is 0 Å². The molecule has 0 aliphatic rings. The first-order chi connectivity index (χ1) is 6.72. The molecule has 0 atom stereocenters. The molecule has 2 amide bonds. The van der Waals surface area contributed by atoms with Crippen LogP contribution in [0.4, 0.5) is 10.5 Å². The van der Waals surface area contributed by atoms with Crippen LogP contribution in [-0.4, -0.2) is 11.8 Å². The van der Waals surface area contributed by atoms with Crippen LogP contribution in [0.5, 0.6) is 0 Å². The molecule has 0 aliphatic carbocycles. The third-order valence-corrected chi connectivity index (χ3v) is 2.61. The lowest BCUT2D eigenvalue weighted by Gasteiger charge is -2.04. The Bertz CT molecular complexity index is 315. The van der Waals surface area contributed by atoms with E-state index in [1.165, 1.54) is 5.56 Å². The summed E-state index contributed by atoms with van der Waals surface area (Å²) in [6.45, 7) is 2.12. The van der Waals surface area contributed by atoms with Crippen LogP contribution < -0.4 is 11.1 Å². The van der Waals surface area contributed by atoms with Gasteiger partial charge in [0.25, 0.3) is 0 Å². The summed E-state index contributed by atoms with van der Waals surface area (Å²) in [6.07, 6.45) is 0. The van der Waals surface area contributed by atoms with Crippen LogP contribution in [0, 0.1) is 0 Å². The number of nitrogens with two attached hydrogens (primary N) is 1. The molecule has 0 saturated carbocycles. The molecule has 0 heterocycles. The number of hydrogen-bond donors (Lipinski definition) is 2. The smallest absolute Gasteiger partial charge is 0.316 e. The molecule has 0 unspecified atom stereocenters. The van der Waals surface area contributed by atoms with E-state index in [1.54, 1.807) is 0 Å². The number of benzene rings is 1. The highest BCUT2D eigenvalue weighted by Crippen LogP contribution is 2.15. The summed E-state index contributed by atoms with van der Waals surface area (Å²) in [4.78, 5) is 10.6. The topological polar surface area (TPSA) is 55.1 Å². The van der Waals surface area contributed by atoms with Gasteiger partial charge in [-0.15, -0.1) is 0 Å². The van der Waals surface area contributed by atoms with Gasteiger partial charge in [0.15, 0.2) is 0 Å². The van der Waals surface area contributed by atoms with E-state index < -0.39 is 6.03 Å². The predicted octanol–water partition coefficient (Wildman–Crippen LogP) is 2.43. The molecular formula is C10H14N2OS. The Morgan fingerprint density at radius 1 is 1.57 bits per heavy atom. The first-order valence-electron chi connectivity index (χ1n) is 4.45. The zero-order valence-electron chi connectivity index (χ0n) is 8.12. The van der Waals surface area contributed by atoms with E-state index in [0.29, 0.717) is 0 Å². The second kappa shape index (κ2) is 5.54. The van der Waals surface area contributed by atoms with Crippen LogP contribution in [0.2, 0.25) is 0 Å². The Hall–Kier alpha value is -1.16. The molecular weight excluding hydrogens is 196 g/mol. The molecule has 0 saturated heterocycles. The monoisotopic (exact) mass is 210 g/mol. The lowest BCUT2D eigenvalue weighted by Crippen LogP contribution is -2.19. The second-order valence-electron chi connectivity index (χ2n) is 2.83. The van der Waals surface area contributed by atoms with Crippen molar-refractivity contribution >= 4 is 23.5 Å². The van der Waals surface area contributed by atoms with Gasteiger partial charge in [-0.05, 0) is 23.4 Å². The maximum absolute atomic E-state index is 10.6. The van der Waals surface area contributed by atoms with E-state index in [4.69, 9.17) is 5.73 Å². The van der Waals surface area contributed by atoms with Crippen molar-refractivity contribution in [3.8, 4) is 0 Å². The van der Waals surface area contributed by atoms with Crippen LogP contribution >= 0.6 is 11.8 Å². The molecule has 0 fully saturated rings. The molecule has 0 aromatic heterocycles. The van der Waals surface area contributed by atoms with Crippen LogP contribution in [0.1, 0.15) is 12.5 Å². The van der Waals surface area contributed by atoms with Gasteiger partial charge in [0.1, 0.15) is 0 Å². The number of primary amides is 1. The van der Waals surface area contributed by atoms with Crippen molar-refractivity contribution in [2.24, 2.45) is 5.73 Å². The number of hydrogen-bond acceptors (Lipinski definition) is 2. The maximum Gasteiger partial charge on any atom is 0.316 e. The van der Waals surface area contributed by atoms with Crippen LogP contribution in [0.25, 0.3) is 0 Å². The van der Waals surface area contributed by atoms with Gasteiger partial charge in [-0.25, -0.2) is 4.79 Å². The molecule has 14 heavy (non-hydrogen) atoms. The first kappa shape index (κ1) is 10.9. The number of amides is 2. The van der Waals surface area contributed by atoms with Gasteiger partial charge in [-0.3, -0.25) is 0 Å². The minimum atomic E-state index is -0.523. The largest absolute Gasteiger partial charge is 0.351 e. The van der Waals surface area contributed by atoms with Crippen molar-refractivity contribution in [3.63, 3.8) is 0 Å². The van der Waals surface area contributed by atoms with Gasteiger partial charge in [0.2, 0.25) is 0 Å². The summed E-state index contributed by atoms with van der Waals surface area (Å²) in [5, 5.41) is 2.55. The van der Waals surface area contributed by atoms with Crippen molar-refractivity contribution in [3.05, 3.63) is 29.8 Å². The Labute approximate surface area is 88.1 Å². The molecule has 3 nitrogen and oxygen atoms in total. The standard InChI is InChI=1S/C10H14N2OS/c1-2-14-7-8-4-3-5-9(6-8)12-10(11)13/h3-6H,2,7H2,1H3,(H3,11,12,13). The Morgan fingerprint density at radius 3 is 3.00 bits per heavy atom. The summed E-state index contributed by atoms with van der Waals surface area (Å²) in [5.41, 5.74) is 6.97. The normalized spacial score (nSPS) is 9.79. The van der Waals surface area contributed by atoms with Gasteiger partial charge in [-0.1, -0.05) is 19.1 Å². The van der Waals surface area contributed by atoms with E-state index in [9.17, 15) is 4.79 Å². The second-order valence-corrected chi connectivity index (χ2v) is 4.10. The third kappa shape index (κ3) is 3.70. The molecule has 3 N–H and O–H groups in total. The molecule has 1 rings (SSSR count). The van der Waals surface area contributed by atoms with E-state index in [0.717, 1.165) is 17.2 Å². The zero-order chi connectivity index (χ0) is 10.4.